The second-order valence-electron chi connectivity index (χ2n) is 4.00. The van der Waals surface area contributed by atoms with Crippen LogP contribution in [0.2, 0.25) is 0 Å². The standard InChI is InChI=1S/C14H8BrNO4/c15-8-1-2-10(14(17)18)12(7-8)20-13-9-4-6-19-11(9)3-5-16-13/h1-7H,(H,17,18). The van der Waals surface area contributed by atoms with E-state index in [1.165, 1.54) is 12.3 Å². The Hall–Kier alpha value is -2.34. The van der Waals surface area contributed by atoms with Crippen molar-refractivity contribution in [2.75, 3.05) is 0 Å². The fourth-order valence-electron chi connectivity index (χ4n) is 1.81. The van der Waals surface area contributed by atoms with Gasteiger partial charge < -0.3 is 14.3 Å². The molecule has 0 unspecified atom stereocenters. The summed E-state index contributed by atoms with van der Waals surface area (Å²) in [4.78, 5) is 15.3. The highest BCUT2D eigenvalue weighted by Crippen LogP contribution is 2.32. The normalized spacial score (nSPS) is 10.7. The predicted octanol–water partition coefficient (Wildman–Crippen LogP) is 4.08. The van der Waals surface area contributed by atoms with Gasteiger partial charge in [-0.3, -0.25) is 0 Å². The molecule has 2 aromatic heterocycles. The van der Waals surface area contributed by atoms with E-state index in [1.54, 1.807) is 30.5 Å². The molecule has 5 nitrogen and oxygen atoms in total. The van der Waals surface area contributed by atoms with Crippen LogP contribution in [0.5, 0.6) is 11.6 Å². The number of fused-ring (bicyclic) bond motifs is 1. The van der Waals surface area contributed by atoms with Crippen molar-refractivity contribution in [2.24, 2.45) is 0 Å². The highest BCUT2D eigenvalue weighted by atomic mass is 79.9. The molecule has 0 amide bonds. The van der Waals surface area contributed by atoms with Crippen molar-refractivity contribution in [3.05, 3.63) is 52.8 Å². The topological polar surface area (TPSA) is 72.6 Å². The number of nitrogens with zero attached hydrogens (tertiary/aromatic N) is 1. The van der Waals surface area contributed by atoms with E-state index in [4.69, 9.17) is 9.15 Å². The largest absolute Gasteiger partial charge is 0.478 e. The minimum absolute atomic E-state index is 0.0653. The number of pyridine rings is 1. The van der Waals surface area contributed by atoms with E-state index in [0.29, 0.717) is 16.8 Å². The van der Waals surface area contributed by atoms with Crippen LogP contribution in [0.3, 0.4) is 0 Å². The monoisotopic (exact) mass is 333 g/mol. The molecular weight excluding hydrogens is 326 g/mol. The first-order valence-corrected chi connectivity index (χ1v) is 6.47. The Morgan fingerprint density at radius 3 is 2.95 bits per heavy atom. The van der Waals surface area contributed by atoms with Crippen molar-refractivity contribution in [1.82, 2.24) is 4.98 Å². The molecular formula is C14H8BrNO4. The first kappa shape index (κ1) is 12.7. The second kappa shape index (κ2) is 4.97. The van der Waals surface area contributed by atoms with Gasteiger partial charge in [-0.2, -0.15) is 0 Å². The molecule has 0 spiro atoms. The van der Waals surface area contributed by atoms with Gasteiger partial charge in [0.1, 0.15) is 16.9 Å². The predicted molar refractivity (Wildman–Crippen MR) is 75.2 cm³/mol. The van der Waals surface area contributed by atoms with Crippen LogP contribution in [-0.4, -0.2) is 16.1 Å². The molecule has 3 aromatic rings. The van der Waals surface area contributed by atoms with Crippen molar-refractivity contribution in [1.29, 1.82) is 0 Å². The third kappa shape index (κ3) is 2.25. The first-order chi connectivity index (χ1) is 9.65. The summed E-state index contributed by atoms with van der Waals surface area (Å²) in [6, 6.07) is 8.13. The Balaban J connectivity index is 2.09. The van der Waals surface area contributed by atoms with Crippen molar-refractivity contribution in [3.63, 3.8) is 0 Å². The van der Waals surface area contributed by atoms with Gasteiger partial charge in [-0.25, -0.2) is 9.78 Å². The number of ether oxygens (including phenoxy) is 1. The summed E-state index contributed by atoms with van der Waals surface area (Å²) in [5, 5.41) is 9.86. The number of hydrogen-bond donors (Lipinski definition) is 1. The number of carboxylic acid groups (broad SMARTS) is 1. The smallest absolute Gasteiger partial charge is 0.339 e. The number of benzene rings is 1. The fourth-order valence-corrected chi connectivity index (χ4v) is 2.15. The molecule has 20 heavy (non-hydrogen) atoms. The fraction of sp³-hybridized carbons (Fsp3) is 0. The maximum Gasteiger partial charge on any atom is 0.339 e. The molecule has 0 aliphatic carbocycles. The zero-order valence-electron chi connectivity index (χ0n) is 10.0. The SMILES string of the molecule is O=C(O)c1ccc(Br)cc1Oc1nccc2occc12. The Morgan fingerprint density at radius 1 is 1.30 bits per heavy atom. The maximum absolute atomic E-state index is 11.2. The molecule has 0 bridgehead atoms. The highest BCUT2D eigenvalue weighted by molar-refractivity contribution is 9.10. The molecule has 2 heterocycles. The van der Waals surface area contributed by atoms with E-state index in [-0.39, 0.29) is 11.3 Å². The van der Waals surface area contributed by atoms with E-state index in [2.05, 4.69) is 20.9 Å². The average molecular weight is 334 g/mol. The lowest BCUT2D eigenvalue weighted by molar-refractivity contribution is 0.0694. The van der Waals surface area contributed by atoms with Gasteiger partial charge in [0, 0.05) is 10.7 Å². The summed E-state index contributed by atoms with van der Waals surface area (Å²) in [7, 11) is 0. The third-order valence-electron chi connectivity index (χ3n) is 2.72. The molecule has 0 radical (unpaired) electrons. The van der Waals surface area contributed by atoms with Crippen LogP contribution in [0, 0.1) is 0 Å². The van der Waals surface area contributed by atoms with E-state index < -0.39 is 5.97 Å². The van der Waals surface area contributed by atoms with Crippen LogP contribution >= 0.6 is 15.9 Å². The summed E-state index contributed by atoms with van der Waals surface area (Å²) >= 11 is 3.29. The minimum atomic E-state index is -1.06. The van der Waals surface area contributed by atoms with Gasteiger partial charge in [0.15, 0.2) is 0 Å². The first-order valence-electron chi connectivity index (χ1n) is 5.68. The number of carbonyl (C=O) groups is 1. The van der Waals surface area contributed by atoms with E-state index in [0.717, 1.165) is 4.47 Å². The molecule has 1 aromatic carbocycles. The van der Waals surface area contributed by atoms with Crippen molar-refractivity contribution in [2.45, 2.75) is 0 Å². The van der Waals surface area contributed by atoms with Crippen molar-refractivity contribution >= 4 is 32.9 Å². The molecule has 100 valence electrons. The van der Waals surface area contributed by atoms with Crippen LogP contribution in [0.1, 0.15) is 10.4 Å². The molecule has 0 aliphatic rings. The second-order valence-corrected chi connectivity index (χ2v) is 4.91. The summed E-state index contributed by atoms with van der Waals surface area (Å²) in [6.07, 6.45) is 3.07. The van der Waals surface area contributed by atoms with Gasteiger partial charge in [0.25, 0.3) is 0 Å². The number of aromatic carboxylic acids is 1. The Morgan fingerprint density at radius 2 is 2.15 bits per heavy atom. The lowest BCUT2D eigenvalue weighted by Crippen LogP contribution is -2.00. The summed E-state index contributed by atoms with van der Waals surface area (Å²) < 4.78 is 11.6. The zero-order valence-corrected chi connectivity index (χ0v) is 11.6. The highest BCUT2D eigenvalue weighted by Gasteiger charge is 2.15. The van der Waals surface area contributed by atoms with Crippen molar-refractivity contribution < 1.29 is 19.1 Å². The van der Waals surface area contributed by atoms with Crippen LogP contribution in [0.25, 0.3) is 11.0 Å². The van der Waals surface area contributed by atoms with Crippen LogP contribution < -0.4 is 4.74 Å². The minimum Gasteiger partial charge on any atom is -0.478 e. The third-order valence-corrected chi connectivity index (χ3v) is 3.22. The number of hydrogen-bond acceptors (Lipinski definition) is 4. The Bertz CT molecular complexity index is 797. The molecule has 0 atom stereocenters. The van der Waals surface area contributed by atoms with Crippen LogP contribution in [-0.2, 0) is 0 Å². The van der Waals surface area contributed by atoms with Gasteiger partial charge in [-0.1, -0.05) is 15.9 Å². The van der Waals surface area contributed by atoms with Crippen LogP contribution in [0.4, 0.5) is 0 Å². The van der Waals surface area contributed by atoms with Gasteiger partial charge in [-0.15, -0.1) is 0 Å². The quantitative estimate of drug-likeness (QED) is 0.781. The number of carboxylic acids is 1. The summed E-state index contributed by atoms with van der Waals surface area (Å²) in [6.45, 7) is 0. The van der Waals surface area contributed by atoms with E-state index >= 15 is 0 Å². The summed E-state index contributed by atoms with van der Waals surface area (Å²) in [5.41, 5.74) is 0.692. The zero-order chi connectivity index (χ0) is 14.1. The number of rotatable bonds is 3. The van der Waals surface area contributed by atoms with Crippen molar-refractivity contribution in [3.8, 4) is 11.6 Å². The summed E-state index contributed by atoms with van der Waals surface area (Å²) in [5.74, 6) is -0.545. The molecule has 0 aliphatic heterocycles. The molecule has 1 N–H and O–H groups in total. The lowest BCUT2D eigenvalue weighted by atomic mass is 10.2. The van der Waals surface area contributed by atoms with Crippen LogP contribution in [0.15, 0.2) is 51.7 Å². The van der Waals surface area contributed by atoms with Gasteiger partial charge >= 0.3 is 5.97 Å². The molecule has 6 heteroatoms. The maximum atomic E-state index is 11.2. The molecule has 0 saturated carbocycles. The Labute approximate surface area is 121 Å². The van der Waals surface area contributed by atoms with Gasteiger partial charge in [0.2, 0.25) is 5.88 Å². The molecule has 0 saturated heterocycles. The van der Waals surface area contributed by atoms with Gasteiger partial charge in [0.05, 0.1) is 11.6 Å². The molecule has 3 rings (SSSR count). The number of furan rings is 1. The number of halogens is 1. The average Bonchev–Trinajstić information content (AvgIpc) is 2.88. The van der Waals surface area contributed by atoms with E-state index in [1.807, 2.05) is 0 Å². The number of aromatic nitrogens is 1. The Kier molecular flexibility index (Phi) is 3.15. The van der Waals surface area contributed by atoms with E-state index in [9.17, 15) is 9.90 Å². The van der Waals surface area contributed by atoms with Gasteiger partial charge in [-0.05, 0) is 30.3 Å². The molecule has 0 fully saturated rings. The lowest BCUT2D eigenvalue weighted by Gasteiger charge is -2.08.